The molecule has 1 aliphatic heterocycles. The van der Waals surface area contributed by atoms with Crippen LogP contribution in [0.2, 0.25) is 0 Å². The van der Waals surface area contributed by atoms with E-state index < -0.39 is 0 Å². The zero-order valence-corrected chi connectivity index (χ0v) is 17.0. The molecule has 2 heteroatoms. The molecule has 4 aliphatic carbocycles. The van der Waals surface area contributed by atoms with Gasteiger partial charge in [-0.2, -0.15) is 0 Å². The maximum atomic E-state index is 11.5. The molecule has 1 unspecified atom stereocenters. The number of hydrogen-bond acceptors (Lipinski definition) is 2. The van der Waals surface area contributed by atoms with Gasteiger partial charge in [0.05, 0.1) is 6.61 Å². The minimum atomic E-state index is 0.0354. The number of cyclic esters (lactones) is 1. The van der Waals surface area contributed by atoms with Gasteiger partial charge < -0.3 is 4.74 Å². The van der Waals surface area contributed by atoms with Crippen LogP contribution in [0, 0.1) is 46.3 Å². The molecule has 0 radical (unpaired) electrons. The number of esters is 1. The summed E-state index contributed by atoms with van der Waals surface area (Å²) in [5, 5.41) is 0. The molecule has 0 amide bonds. The molecule has 0 N–H and O–H groups in total. The smallest absolute Gasteiger partial charge is 0.305 e. The molecule has 0 spiro atoms. The Morgan fingerprint density at radius 1 is 0.808 bits per heavy atom. The standard InChI is InChI=1S/C24H38O2/c1-23-13-4-3-5-17(23)7-8-18-20-10-9-19(16-6-11-22(25)26-15-16)24(20,2)14-12-21(18)23/h16-21H,3-15H2,1-2H3/t16?,17-,18-,19-,20+,21-,23-,24+/m0/s1. The number of carbonyl (C=O) groups excluding carboxylic acids is 1. The van der Waals surface area contributed by atoms with Crippen LogP contribution in [0.4, 0.5) is 0 Å². The summed E-state index contributed by atoms with van der Waals surface area (Å²) < 4.78 is 5.48. The Balaban J connectivity index is 1.37. The normalized spacial score (nSPS) is 54.0. The van der Waals surface area contributed by atoms with Gasteiger partial charge in [-0.3, -0.25) is 4.79 Å². The van der Waals surface area contributed by atoms with Crippen molar-refractivity contribution in [1.29, 1.82) is 0 Å². The summed E-state index contributed by atoms with van der Waals surface area (Å²) in [4.78, 5) is 11.5. The van der Waals surface area contributed by atoms with E-state index in [-0.39, 0.29) is 5.97 Å². The monoisotopic (exact) mass is 358 g/mol. The quantitative estimate of drug-likeness (QED) is 0.538. The van der Waals surface area contributed by atoms with Gasteiger partial charge in [0, 0.05) is 6.42 Å². The lowest BCUT2D eigenvalue weighted by Crippen LogP contribution is -2.53. The van der Waals surface area contributed by atoms with Gasteiger partial charge in [0.2, 0.25) is 0 Å². The zero-order chi connectivity index (χ0) is 17.9. The molecule has 5 aliphatic rings. The fourth-order valence-electron chi connectivity index (χ4n) is 9.09. The summed E-state index contributed by atoms with van der Waals surface area (Å²) in [5.41, 5.74) is 1.17. The van der Waals surface area contributed by atoms with Crippen LogP contribution >= 0.6 is 0 Å². The highest BCUT2D eigenvalue weighted by Crippen LogP contribution is 2.68. The molecule has 1 heterocycles. The van der Waals surface area contributed by atoms with Gasteiger partial charge >= 0.3 is 5.97 Å². The SMILES string of the molecule is C[C@]12CC[C@H]3[C@@H](CC[C@@H]4CCCC[C@@]43C)[C@H]1CC[C@H]2C1CCC(=O)OC1. The molecular weight excluding hydrogens is 320 g/mol. The first-order valence-corrected chi connectivity index (χ1v) is 11.7. The number of carbonyl (C=O) groups is 1. The predicted molar refractivity (Wildman–Crippen MR) is 104 cm³/mol. The largest absolute Gasteiger partial charge is 0.465 e. The first-order chi connectivity index (χ1) is 12.5. The zero-order valence-electron chi connectivity index (χ0n) is 17.0. The third-order valence-corrected chi connectivity index (χ3v) is 10.4. The Morgan fingerprint density at radius 3 is 2.42 bits per heavy atom. The second-order valence-electron chi connectivity index (χ2n) is 11.1. The predicted octanol–water partition coefficient (Wildman–Crippen LogP) is 5.99. The minimum absolute atomic E-state index is 0.0354. The fraction of sp³-hybridized carbons (Fsp3) is 0.958. The molecule has 26 heavy (non-hydrogen) atoms. The Kier molecular flexibility index (Phi) is 4.22. The summed E-state index contributed by atoms with van der Waals surface area (Å²) >= 11 is 0. The molecule has 0 bridgehead atoms. The highest BCUT2D eigenvalue weighted by molar-refractivity contribution is 5.69. The van der Waals surface area contributed by atoms with Crippen molar-refractivity contribution in [2.24, 2.45) is 46.3 Å². The minimum Gasteiger partial charge on any atom is -0.465 e. The van der Waals surface area contributed by atoms with Crippen molar-refractivity contribution < 1.29 is 9.53 Å². The van der Waals surface area contributed by atoms with Crippen LogP contribution in [0.5, 0.6) is 0 Å². The molecule has 5 rings (SSSR count). The van der Waals surface area contributed by atoms with Crippen LogP contribution in [0.25, 0.3) is 0 Å². The molecule has 0 aromatic rings. The van der Waals surface area contributed by atoms with Crippen molar-refractivity contribution in [2.45, 2.75) is 90.9 Å². The van der Waals surface area contributed by atoms with Crippen LogP contribution in [0.15, 0.2) is 0 Å². The Bertz CT molecular complexity index is 561. The Labute approximate surface area is 159 Å². The molecule has 5 fully saturated rings. The first-order valence-electron chi connectivity index (χ1n) is 11.7. The average molecular weight is 359 g/mol. The van der Waals surface area contributed by atoms with Gasteiger partial charge in [-0.15, -0.1) is 0 Å². The van der Waals surface area contributed by atoms with Crippen LogP contribution < -0.4 is 0 Å². The number of rotatable bonds is 1. The molecule has 2 nitrogen and oxygen atoms in total. The summed E-state index contributed by atoms with van der Waals surface area (Å²) in [6.45, 7) is 6.03. The van der Waals surface area contributed by atoms with E-state index in [2.05, 4.69) is 13.8 Å². The molecule has 1 saturated heterocycles. The van der Waals surface area contributed by atoms with Crippen molar-refractivity contribution >= 4 is 5.97 Å². The van der Waals surface area contributed by atoms with E-state index in [0.717, 1.165) is 36.0 Å². The first kappa shape index (κ1) is 17.6. The second-order valence-corrected chi connectivity index (χ2v) is 11.1. The van der Waals surface area contributed by atoms with E-state index >= 15 is 0 Å². The van der Waals surface area contributed by atoms with E-state index in [1.54, 1.807) is 0 Å². The highest BCUT2D eigenvalue weighted by atomic mass is 16.5. The number of ether oxygens (including phenoxy) is 1. The third-order valence-electron chi connectivity index (χ3n) is 10.4. The topological polar surface area (TPSA) is 26.3 Å². The van der Waals surface area contributed by atoms with Gasteiger partial charge in [-0.05, 0) is 104 Å². The molecule has 0 aromatic carbocycles. The molecule has 8 atom stereocenters. The summed E-state index contributed by atoms with van der Waals surface area (Å²) in [6.07, 6.45) is 16.5. The van der Waals surface area contributed by atoms with E-state index in [1.165, 1.54) is 64.2 Å². The second kappa shape index (κ2) is 6.24. The van der Waals surface area contributed by atoms with Gasteiger partial charge in [0.25, 0.3) is 0 Å². The lowest BCUT2D eigenvalue weighted by molar-refractivity contribution is -0.154. The van der Waals surface area contributed by atoms with E-state index in [9.17, 15) is 4.79 Å². The maximum Gasteiger partial charge on any atom is 0.305 e. The van der Waals surface area contributed by atoms with E-state index in [1.807, 2.05) is 0 Å². The van der Waals surface area contributed by atoms with Crippen molar-refractivity contribution in [3.8, 4) is 0 Å². The number of fused-ring (bicyclic) bond motifs is 5. The van der Waals surface area contributed by atoms with Gasteiger partial charge in [0.1, 0.15) is 0 Å². The lowest BCUT2D eigenvalue weighted by Gasteiger charge is -2.61. The Hall–Kier alpha value is -0.530. The highest BCUT2D eigenvalue weighted by Gasteiger charge is 2.60. The van der Waals surface area contributed by atoms with Gasteiger partial charge in [-0.25, -0.2) is 0 Å². The molecule has 4 saturated carbocycles. The third kappa shape index (κ3) is 2.46. The van der Waals surface area contributed by atoms with Gasteiger partial charge in [0.15, 0.2) is 0 Å². The molecular formula is C24H38O2. The number of hydrogen-bond donors (Lipinski definition) is 0. The lowest BCUT2D eigenvalue weighted by atomic mass is 9.44. The Morgan fingerprint density at radius 2 is 1.62 bits per heavy atom. The van der Waals surface area contributed by atoms with Crippen LogP contribution in [0.3, 0.4) is 0 Å². The van der Waals surface area contributed by atoms with Crippen molar-refractivity contribution in [1.82, 2.24) is 0 Å². The summed E-state index contributed by atoms with van der Waals surface area (Å²) in [7, 11) is 0. The van der Waals surface area contributed by atoms with Crippen LogP contribution in [-0.4, -0.2) is 12.6 Å². The summed E-state index contributed by atoms with van der Waals surface area (Å²) in [6, 6.07) is 0. The van der Waals surface area contributed by atoms with E-state index in [0.29, 0.717) is 29.8 Å². The fourth-order valence-corrected chi connectivity index (χ4v) is 9.09. The average Bonchev–Trinajstić information content (AvgIpc) is 2.99. The summed E-state index contributed by atoms with van der Waals surface area (Å²) in [5.74, 6) is 5.44. The van der Waals surface area contributed by atoms with Crippen LogP contribution in [-0.2, 0) is 9.53 Å². The maximum absolute atomic E-state index is 11.5. The van der Waals surface area contributed by atoms with Gasteiger partial charge in [-0.1, -0.05) is 26.7 Å². The van der Waals surface area contributed by atoms with Crippen molar-refractivity contribution in [3.63, 3.8) is 0 Å². The van der Waals surface area contributed by atoms with E-state index in [4.69, 9.17) is 4.74 Å². The molecule has 146 valence electrons. The molecule has 0 aromatic heterocycles. The van der Waals surface area contributed by atoms with Crippen molar-refractivity contribution in [2.75, 3.05) is 6.61 Å². The van der Waals surface area contributed by atoms with Crippen LogP contribution in [0.1, 0.15) is 90.9 Å². The van der Waals surface area contributed by atoms with Crippen molar-refractivity contribution in [3.05, 3.63) is 0 Å².